The number of fused-ring (bicyclic) bond motifs is 1. The first-order chi connectivity index (χ1) is 45.2. The van der Waals surface area contributed by atoms with Crippen molar-refractivity contribution in [1.82, 2.24) is 73.0 Å². The number of likely N-dealkylation sites (tertiary alicyclic amines) is 1. The molecule has 95 heavy (non-hydrogen) atoms. The van der Waals surface area contributed by atoms with Crippen molar-refractivity contribution in [3.05, 3.63) is 84.1 Å². The predicted octanol–water partition coefficient (Wildman–Crippen LogP) is -3.19. The average Bonchev–Trinajstić information content (AvgIpc) is 1.76. The number of benzene rings is 2. The molecule has 2 aromatic heterocycles. The third-order valence-electron chi connectivity index (χ3n) is 15.7. The van der Waals surface area contributed by atoms with Crippen molar-refractivity contribution in [2.75, 3.05) is 39.5 Å². The van der Waals surface area contributed by atoms with Crippen molar-refractivity contribution in [2.24, 2.45) is 22.4 Å². The van der Waals surface area contributed by atoms with Crippen LogP contribution in [0.5, 0.6) is 5.75 Å². The van der Waals surface area contributed by atoms with Gasteiger partial charge in [0.2, 0.25) is 65.0 Å². The number of aliphatic imine (C=N–C) groups is 1. The van der Waals surface area contributed by atoms with E-state index >= 15 is 0 Å². The number of aliphatic hydroxyl groups excluding tert-OH is 2. The first-order valence-electron chi connectivity index (χ1n) is 31.7. The molecular formula is C63H91N17O15. The highest BCUT2D eigenvalue weighted by Gasteiger charge is 2.40. The zero-order valence-corrected chi connectivity index (χ0v) is 54.3. The van der Waals surface area contributed by atoms with E-state index in [1.807, 2.05) is 0 Å². The minimum absolute atomic E-state index is 0.0357. The number of guanidine groups is 1. The highest BCUT2D eigenvalue weighted by atomic mass is 16.5. The number of rotatable bonds is 35. The largest absolute Gasteiger partial charge is 0.508 e. The Kier molecular flexibility index (Phi) is 27.8. The summed E-state index contributed by atoms with van der Waals surface area (Å²) in [6, 6.07) is -1.37. The molecular weight excluding hydrogens is 1230 g/mol. The Hall–Kier alpha value is -9.69. The zero-order chi connectivity index (χ0) is 69.5. The van der Waals surface area contributed by atoms with Gasteiger partial charge in [-0.15, -0.1) is 0 Å². The molecule has 0 unspecified atom stereocenters. The van der Waals surface area contributed by atoms with Crippen LogP contribution in [0.2, 0.25) is 0 Å². The molecule has 10 atom stereocenters. The Labute approximate surface area is 549 Å². The molecule has 0 bridgehead atoms. The fraction of sp³-hybridized carbons (Fsp3) is 0.540. The number of likely N-dealkylation sites (N-methyl/N-ethyl adjacent to an activating group) is 1. The number of aromatic nitrogens is 3. The van der Waals surface area contributed by atoms with Crippen LogP contribution in [0.1, 0.15) is 103 Å². The van der Waals surface area contributed by atoms with Crippen LogP contribution >= 0.6 is 0 Å². The summed E-state index contributed by atoms with van der Waals surface area (Å²) >= 11 is 0. The number of nitrogens with one attached hydrogen (secondary N) is 12. The van der Waals surface area contributed by atoms with Crippen LogP contribution < -0.4 is 64.6 Å². The topological polar surface area (TPSA) is 490 Å². The molecule has 32 heteroatoms. The summed E-state index contributed by atoms with van der Waals surface area (Å²) in [6.45, 7) is 8.44. The van der Waals surface area contributed by atoms with Gasteiger partial charge in [-0.1, -0.05) is 44.2 Å². The minimum Gasteiger partial charge on any atom is -0.508 e. The molecule has 19 N–H and O–H groups in total. The van der Waals surface area contributed by atoms with Crippen LogP contribution in [0.3, 0.4) is 0 Å². The Balaban J connectivity index is 1.21. The van der Waals surface area contributed by atoms with Gasteiger partial charge in [-0.05, 0) is 101 Å². The van der Waals surface area contributed by atoms with Crippen LogP contribution in [0.4, 0.5) is 0 Å². The van der Waals surface area contributed by atoms with Crippen molar-refractivity contribution >= 4 is 81.8 Å². The number of hydrogen-bond donors (Lipinski definition) is 17. The highest BCUT2D eigenvalue weighted by molar-refractivity contribution is 6.00. The number of hydrogen-bond acceptors (Lipinski definition) is 17. The van der Waals surface area contributed by atoms with E-state index in [9.17, 15) is 68.1 Å². The number of carbonyl (C=O) groups excluding carboxylic acids is 11. The van der Waals surface area contributed by atoms with Gasteiger partial charge in [-0.2, -0.15) is 0 Å². The SMILES string of the molecule is CCNC(=O)[C@@H]1CCCN1C(=O)[C@H](CCCN=C(N)N)NC(=O)[C@H](CC(C)C)NC(=O)[C@@H](COC(C)(C)C)NC(=O)[C@H](Cc1ccc(O)cc1)NC(=O)[C@H](CO)NC(=O)[C@H](CO)NC(=O)[C@H](Cc1c[nH]c2ccccc12)NC(=O)[C@H](Cc1cnc[nH]1)NC(=O)[C@@H]1CCC(=O)N1. The maximum Gasteiger partial charge on any atom is 0.245 e. The van der Waals surface area contributed by atoms with Crippen LogP contribution in [0.15, 0.2) is 72.2 Å². The van der Waals surface area contributed by atoms with E-state index in [4.69, 9.17) is 16.2 Å². The van der Waals surface area contributed by atoms with E-state index in [2.05, 4.69) is 73.1 Å². The minimum atomic E-state index is -1.88. The van der Waals surface area contributed by atoms with E-state index in [0.717, 1.165) is 0 Å². The lowest BCUT2D eigenvalue weighted by molar-refractivity contribution is -0.142. The quantitative estimate of drug-likeness (QED) is 0.0123. The first-order valence-corrected chi connectivity index (χ1v) is 31.7. The molecule has 2 aliphatic rings. The number of H-pyrrole nitrogens is 2. The molecule has 2 fully saturated rings. The van der Waals surface area contributed by atoms with Crippen molar-refractivity contribution in [1.29, 1.82) is 0 Å². The van der Waals surface area contributed by atoms with Crippen molar-refractivity contribution in [2.45, 2.75) is 172 Å². The molecule has 0 aliphatic carbocycles. The molecule has 0 spiro atoms. The van der Waals surface area contributed by atoms with Gasteiger partial charge >= 0.3 is 0 Å². The fourth-order valence-corrected chi connectivity index (χ4v) is 10.8. The van der Waals surface area contributed by atoms with E-state index in [0.29, 0.717) is 47.1 Å². The average molecular weight is 1330 g/mol. The van der Waals surface area contributed by atoms with Gasteiger partial charge < -0.3 is 99.6 Å². The van der Waals surface area contributed by atoms with Crippen LogP contribution in [-0.4, -0.2) is 212 Å². The lowest BCUT2D eigenvalue weighted by Gasteiger charge is -2.31. The summed E-state index contributed by atoms with van der Waals surface area (Å²) < 4.78 is 6.01. The molecule has 0 radical (unpaired) electrons. The van der Waals surface area contributed by atoms with Crippen LogP contribution in [0.25, 0.3) is 10.9 Å². The van der Waals surface area contributed by atoms with E-state index in [1.54, 1.807) is 72.0 Å². The number of para-hydroxylation sites is 1. The zero-order valence-electron chi connectivity index (χ0n) is 54.3. The highest BCUT2D eigenvalue weighted by Crippen LogP contribution is 2.22. The second-order valence-corrected chi connectivity index (χ2v) is 24.8. The van der Waals surface area contributed by atoms with Crippen LogP contribution in [0, 0.1) is 5.92 Å². The summed E-state index contributed by atoms with van der Waals surface area (Å²) in [6.07, 6.45) is 5.29. The lowest BCUT2D eigenvalue weighted by atomic mass is 10.0. The smallest absolute Gasteiger partial charge is 0.245 e. The molecule has 2 aliphatic heterocycles. The van der Waals surface area contributed by atoms with Crippen molar-refractivity contribution in [3.8, 4) is 5.75 Å². The summed E-state index contributed by atoms with van der Waals surface area (Å²) in [5.74, 6) is -9.32. The molecule has 2 saturated heterocycles. The van der Waals surface area contributed by atoms with Crippen molar-refractivity contribution < 1.29 is 72.8 Å². The number of nitrogens with two attached hydrogens (primary N) is 2. The number of phenols is 1. The number of imidazole rings is 1. The standard InChI is InChI=1S/C63H91N17O15/c1-7-67-60(93)50-15-11-23-80(50)61(94)42(14-10-22-68-62(64)65)72-53(86)43(24-34(2)3)73-59(92)49(32-95-63(4,5)6)79-54(87)44(25-35-16-18-38(83)19-17-35)74-57(90)47(30-81)78-58(91)48(31-82)77-55(88)45(26-36-28-69-40-13-9-8-12-39(36)40)75-56(89)46(27-37-29-66-33-70-37)76-52(85)41-20-21-51(84)71-41/h8-9,12-13,16-19,28-29,33-34,41-50,69,81-83H,7,10-11,14-15,20-27,30-32H2,1-6H3,(H,66,70)(H,67,93)(H,71,84)(H,72,86)(H,73,92)(H,74,90)(H,75,89)(H,76,85)(H,77,88)(H,78,91)(H,79,87)(H4,64,65,68)/t41-,42-,43-,44-,45-,46-,47-,48-,49+,50-/m0/s1. The predicted molar refractivity (Wildman–Crippen MR) is 345 cm³/mol. The summed E-state index contributed by atoms with van der Waals surface area (Å²) in [4.78, 5) is 169. The number of phenolic OH excluding ortho intramolecular Hbond substituents is 1. The van der Waals surface area contributed by atoms with Gasteiger partial charge in [0.05, 0.1) is 31.7 Å². The molecule has 4 aromatic rings. The molecule has 6 rings (SSSR count). The summed E-state index contributed by atoms with van der Waals surface area (Å²) in [5, 5.41) is 58.1. The van der Waals surface area contributed by atoms with E-state index < -0.39 is 139 Å². The summed E-state index contributed by atoms with van der Waals surface area (Å²) in [5.41, 5.74) is 12.2. The third kappa shape index (κ3) is 22.8. The second-order valence-electron chi connectivity index (χ2n) is 24.8. The van der Waals surface area contributed by atoms with E-state index in [1.165, 1.54) is 41.7 Å². The Bertz CT molecular complexity index is 3330. The van der Waals surface area contributed by atoms with Gasteiger partial charge in [-0.3, -0.25) is 57.7 Å². The normalized spacial score (nSPS) is 17.1. The fourth-order valence-electron chi connectivity index (χ4n) is 10.8. The second kappa shape index (κ2) is 35.5. The van der Waals surface area contributed by atoms with Crippen LogP contribution in [-0.2, 0) is 76.7 Å². The lowest BCUT2D eigenvalue weighted by Crippen LogP contribution is -2.62. The monoisotopic (exact) mass is 1330 g/mol. The molecule has 4 heterocycles. The summed E-state index contributed by atoms with van der Waals surface area (Å²) in [7, 11) is 0. The van der Waals surface area contributed by atoms with Gasteiger partial charge in [0.25, 0.3) is 0 Å². The first kappa shape index (κ1) is 74.4. The van der Waals surface area contributed by atoms with Gasteiger partial charge in [0.1, 0.15) is 66.2 Å². The number of aliphatic hydroxyl groups is 2. The number of amides is 11. The number of nitrogens with zero attached hydrogens (tertiary/aromatic N) is 3. The molecule has 518 valence electrons. The Morgan fingerprint density at radius 1 is 0.705 bits per heavy atom. The van der Waals surface area contributed by atoms with Crippen molar-refractivity contribution in [3.63, 3.8) is 0 Å². The number of ether oxygens (including phenoxy) is 1. The molecule has 11 amide bonds. The molecule has 32 nitrogen and oxygen atoms in total. The maximum absolute atomic E-state index is 14.7. The molecule has 2 aromatic carbocycles. The number of aromatic hydroxyl groups is 1. The van der Waals surface area contributed by atoms with Gasteiger partial charge in [-0.25, -0.2) is 4.98 Å². The van der Waals surface area contributed by atoms with E-state index in [-0.39, 0.29) is 93.9 Å². The Morgan fingerprint density at radius 2 is 1.27 bits per heavy atom. The third-order valence-corrected chi connectivity index (χ3v) is 15.7. The van der Waals surface area contributed by atoms with Gasteiger partial charge in [0.15, 0.2) is 5.96 Å². The Morgan fingerprint density at radius 3 is 1.85 bits per heavy atom. The molecule has 0 saturated carbocycles. The van der Waals surface area contributed by atoms with Gasteiger partial charge in [0, 0.05) is 74.3 Å². The number of carbonyl (C=O) groups is 11. The maximum atomic E-state index is 14.7. The number of aromatic amines is 2.